The molecule has 2 heterocycles. The Labute approximate surface area is 131 Å². The monoisotopic (exact) mass is 316 g/mol. The minimum absolute atomic E-state index is 0.563. The van der Waals surface area contributed by atoms with Gasteiger partial charge in [0.2, 0.25) is 0 Å². The zero-order valence-corrected chi connectivity index (χ0v) is 13.2. The summed E-state index contributed by atoms with van der Waals surface area (Å²) in [6.07, 6.45) is 2.59. The van der Waals surface area contributed by atoms with Crippen molar-refractivity contribution in [2.75, 3.05) is 0 Å². The lowest BCUT2D eigenvalue weighted by molar-refractivity contribution is 0.112. The highest BCUT2D eigenvalue weighted by molar-refractivity contribution is 7.19. The SMILES string of the molecule is Cc1ccc(-n2cc(C=O)c(-c3ccc(Cl)s3)n2)c(C)c1. The van der Waals surface area contributed by atoms with Crippen LogP contribution in [-0.4, -0.2) is 16.1 Å². The van der Waals surface area contributed by atoms with Crippen LogP contribution >= 0.6 is 22.9 Å². The van der Waals surface area contributed by atoms with Crippen molar-refractivity contribution in [1.29, 1.82) is 0 Å². The molecule has 0 bridgehead atoms. The highest BCUT2D eigenvalue weighted by atomic mass is 35.5. The van der Waals surface area contributed by atoms with Gasteiger partial charge in [-0.05, 0) is 37.6 Å². The number of rotatable bonds is 3. The van der Waals surface area contributed by atoms with Crippen LogP contribution in [0.5, 0.6) is 0 Å². The van der Waals surface area contributed by atoms with Gasteiger partial charge in [0, 0.05) is 6.20 Å². The van der Waals surface area contributed by atoms with E-state index in [-0.39, 0.29) is 0 Å². The number of carbonyl (C=O) groups is 1. The van der Waals surface area contributed by atoms with Crippen molar-refractivity contribution in [2.24, 2.45) is 0 Å². The van der Waals surface area contributed by atoms with Gasteiger partial charge in [-0.1, -0.05) is 29.3 Å². The van der Waals surface area contributed by atoms with Gasteiger partial charge in [-0.2, -0.15) is 5.10 Å². The first-order valence-electron chi connectivity index (χ1n) is 6.46. The van der Waals surface area contributed by atoms with E-state index in [9.17, 15) is 4.79 Å². The normalized spacial score (nSPS) is 10.8. The van der Waals surface area contributed by atoms with Crippen molar-refractivity contribution in [3.63, 3.8) is 0 Å². The second kappa shape index (κ2) is 5.47. The van der Waals surface area contributed by atoms with Crippen LogP contribution < -0.4 is 0 Å². The molecule has 0 spiro atoms. The maximum absolute atomic E-state index is 11.3. The third kappa shape index (κ3) is 2.64. The lowest BCUT2D eigenvalue weighted by Gasteiger charge is -2.06. The van der Waals surface area contributed by atoms with Crippen molar-refractivity contribution >= 4 is 29.2 Å². The number of hydrogen-bond donors (Lipinski definition) is 0. The number of halogens is 1. The largest absolute Gasteiger partial charge is 0.298 e. The maximum atomic E-state index is 11.3. The third-order valence-corrected chi connectivity index (χ3v) is 4.51. The van der Waals surface area contributed by atoms with E-state index >= 15 is 0 Å². The third-order valence-electron chi connectivity index (χ3n) is 3.28. The van der Waals surface area contributed by atoms with Gasteiger partial charge < -0.3 is 0 Å². The smallest absolute Gasteiger partial charge is 0.153 e. The van der Waals surface area contributed by atoms with E-state index in [2.05, 4.69) is 18.1 Å². The second-order valence-electron chi connectivity index (χ2n) is 4.89. The summed E-state index contributed by atoms with van der Waals surface area (Å²) in [5, 5.41) is 4.56. The summed E-state index contributed by atoms with van der Waals surface area (Å²) in [6, 6.07) is 9.84. The van der Waals surface area contributed by atoms with E-state index in [0.29, 0.717) is 15.6 Å². The van der Waals surface area contributed by atoms with Gasteiger partial charge in [0.1, 0.15) is 5.69 Å². The predicted octanol–water partition coefficient (Wildman–Crippen LogP) is 4.68. The molecule has 1 aromatic carbocycles. The summed E-state index contributed by atoms with van der Waals surface area (Å²) in [7, 11) is 0. The first kappa shape index (κ1) is 14.0. The fourth-order valence-corrected chi connectivity index (χ4v) is 3.34. The van der Waals surface area contributed by atoms with Crippen molar-refractivity contribution in [3.05, 3.63) is 57.6 Å². The van der Waals surface area contributed by atoms with Gasteiger partial charge in [-0.25, -0.2) is 4.68 Å². The molecule has 0 radical (unpaired) electrons. The number of nitrogens with zero attached hydrogens (tertiary/aromatic N) is 2. The molecule has 21 heavy (non-hydrogen) atoms. The van der Waals surface area contributed by atoms with Crippen LogP contribution in [0.1, 0.15) is 21.5 Å². The molecule has 3 rings (SSSR count). The van der Waals surface area contributed by atoms with Crippen molar-refractivity contribution in [3.8, 4) is 16.3 Å². The molecule has 0 aliphatic heterocycles. The van der Waals surface area contributed by atoms with Gasteiger partial charge in [0.25, 0.3) is 0 Å². The minimum Gasteiger partial charge on any atom is -0.298 e. The fraction of sp³-hybridized carbons (Fsp3) is 0.125. The van der Waals surface area contributed by atoms with Gasteiger partial charge in [0.05, 0.1) is 20.5 Å². The summed E-state index contributed by atoms with van der Waals surface area (Å²) in [5.74, 6) is 0. The summed E-state index contributed by atoms with van der Waals surface area (Å²) in [4.78, 5) is 12.2. The molecule has 3 aromatic rings. The molecule has 0 amide bonds. The number of carbonyl (C=O) groups excluding carboxylic acids is 1. The van der Waals surface area contributed by atoms with Crippen LogP contribution in [-0.2, 0) is 0 Å². The number of thiophene rings is 1. The van der Waals surface area contributed by atoms with Crippen LogP contribution in [0.3, 0.4) is 0 Å². The second-order valence-corrected chi connectivity index (χ2v) is 6.60. The number of aryl methyl sites for hydroxylation is 2. The standard InChI is InChI=1S/C16H13ClN2OS/c1-10-3-4-13(11(2)7-10)19-8-12(9-20)16(18-19)14-5-6-15(17)21-14/h3-9H,1-2H3. The lowest BCUT2D eigenvalue weighted by Crippen LogP contribution is -1.98. The van der Waals surface area contributed by atoms with E-state index in [1.54, 1.807) is 10.9 Å². The Hall–Kier alpha value is -1.91. The van der Waals surface area contributed by atoms with Gasteiger partial charge >= 0.3 is 0 Å². The molecule has 2 aromatic heterocycles. The van der Waals surface area contributed by atoms with Crippen molar-refractivity contribution in [2.45, 2.75) is 13.8 Å². The highest BCUT2D eigenvalue weighted by Gasteiger charge is 2.14. The molecule has 0 aliphatic carbocycles. The quantitative estimate of drug-likeness (QED) is 0.657. The van der Waals surface area contributed by atoms with Gasteiger partial charge in [-0.3, -0.25) is 4.79 Å². The first-order valence-corrected chi connectivity index (χ1v) is 7.66. The van der Waals surface area contributed by atoms with E-state index < -0.39 is 0 Å². The van der Waals surface area contributed by atoms with Crippen LogP contribution in [0.4, 0.5) is 0 Å². The lowest BCUT2D eigenvalue weighted by atomic mass is 10.1. The Balaban J connectivity index is 2.13. The summed E-state index contributed by atoms with van der Waals surface area (Å²) in [6.45, 7) is 4.09. The Morgan fingerprint density at radius 3 is 2.67 bits per heavy atom. The zero-order valence-electron chi connectivity index (χ0n) is 11.6. The van der Waals surface area contributed by atoms with E-state index in [4.69, 9.17) is 11.6 Å². The zero-order chi connectivity index (χ0) is 15.0. The van der Waals surface area contributed by atoms with Crippen LogP contribution in [0.15, 0.2) is 36.5 Å². The molecule has 0 saturated heterocycles. The molecule has 0 fully saturated rings. The Kier molecular flexibility index (Phi) is 3.66. The number of aldehydes is 1. The predicted molar refractivity (Wildman–Crippen MR) is 86.7 cm³/mol. The van der Waals surface area contributed by atoms with E-state index in [1.807, 2.05) is 31.2 Å². The Morgan fingerprint density at radius 1 is 1.24 bits per heavy atom. The highest BCUT2D eigenvalue weighted by Crippen LogP contribution is 2.32. The molecule has 5 heteroatoms. The first-order chi connectivity index (χ1) is 10.1. The molecule has 0 saturated carbocycles. The fourth-order valence-electron chi connectivity index (χ4n) is 2.29. The summed E-state index contributed by atoms with van der Waals surface area (Å²) >= 11 is 7.38. The molecule has 0 aliphatic rings. The van der Waals surface area contributed by atoms with Crippen molar-refractivity contribution in [1.82, 2.24) is 9.78 Å². The Morgan fingerprint density at radius 2 is 2.05 bits per heavy atom. The van der Waals surface area contributed by atoms with Crippen LogP contribution in [0.25, 0.3) is 16.3 Å². The molecule has 106 valence electrons. The van der Waals surface area contributed by atoms with E-state index in [1.165, 1.54) is 16.9 Å². The van der Waals surface area contributed by atoms with Gasteiger partial charge in [-0.15, -0.1) is 11.3 Å². The molecule has 0 unspecified atom stereocenters. The number of benzene rings is 1. The molecule has 0 atom stereocenters. The topological polar surface area (TPSA) is 34.9 Å². The van der Waals surface area contributed by atoms with Crippen LogP contribution in [0.2, 0.25) is 4.34 Å². The average molecular weight is 317 g/mol. The average Bonchev–Trinajstić information content (AvgIpc) is 3.04. The molecular weight excluding hydrogens is 304 g/mol. The molecule has 0 N–H and O–H groups in total. The molecular formula is C16H13ClN2OS. The number of hydrogen-bond acceptors (Lipinski definition) is 3. The van der Waals surface area contributed by atoms with E-state index in [0.717, 1.165) is 22.4 Å². The maximum Gasteiger partial charge on any atom is 0.153 e. The number of aromatic nitrogens is 2. The minimum atomic E-state index is 0.563. The van der Waals surface area contributed by atoms with Gasteiger partial charge in [0.15, 0.2) is 6.29 Å². The summed E-state index contributed by atoms with van der Waals surface area (Å²) in [5.41, 5.74) is 4.52. The Bertz CT molecular complexity index is 820. The molecule has 3 nitrogen and oxygen atoms in total. The van der Waals surface area contributed by atoms with Crippen molar-refractivity contribution < 1.29 is 4.79 Å². The summed E-state index contributed by atoms with van der Waals surface area (Å²) < 4.78 is 2.43. The van der Waals surface area contributed by atoms with Crippen LogP contribution in [0, 0.1) is 13.8 Å².